The normalized spacial score (nSPS) is 15.0. The second-order valence-corrected chi connectivity index (χ2v) is 8.08. The van der Waals surface area contributed by atoms with Crippen molar-refractivity contribution in [1.82, 2.24) is 20.4 Å². The molecule has 0 amide bonds. The molecule has 0 radical (unpaired) electrons. The monoisotopic (exact) mass is 528 g/mol. The third-order valence-electron chi connectivity index (χ3n) is 4.82. The van der Waals surface area contributed by atoms with Crippen molar-refractivity contribution < 1.29 is 9.26 Å². The lowest BCUT2D eigenvalue weighted by Gasteiger charge is -2.38. The molecule has 8 nitrogen and oxygen atoms in total. The number of anilines is 1. The van der Waals surface area contributed by atoms with Crippen LogP contribution in [0.25, 0.3) is 0 Å². The molecule has 3 rings (SSSR count). The largest absolute Gasteiger partial charge is 0.495 e. The van der Waals surface area contributed by atoms with Crippen LogP contribution in [0, 0.1) is 0 Å². The Bertz CT molecular complexity index is 825. The molecule has 1 aromatic heterocycles. The van der Waals surface area contributed by atoms with E-state index in [0.29, 0.717) is 18.3 Å². The molecular weight excluding hydrogens is 495 g/mol. The first-order valence-electron chi connectivity index (χ1n) is 10.2. The molecule has 1 saturated heterocycles. The maximum absolute atomic E-state index is 5.51. The van der Waals surface area contributed by atoms with Gasteiger partial charge in [0.25, 0.3) is 0 Å². The average molecular weight is 528 g/mol. The number of aromatic nitrogens is 2. The lowest BCUT2D eigenvalue weighted by molar-refractivity contribution is 0.318. The van der Waals surface area contributed by atoms with E-state index in [1.807, 2.05) is 18.2 Å². The molecule has 1 N–H and O–H groups in total. The highest BCUT2D eigenvalue weighted by atomic mass is 127. The number of hydrogen-bond donors (Lipinski definition) is 1. The Labute approximate surface area is 196 Å². The van der Waals surface area contributed by atoms with E-state index in [1.54, 1.807) is 7.11 Å². The van der Waals surface area contributed by atoms with E-state index in [1.165, 1.54) is 0 Å². The molecule has 0 bridgehead atoms. The average Bonchev–Trinajstić information content (AvgIpc) is 3.21. The van der Waals surface area contributed by atoms with Crippen LogP contribution in [0.2, 0.25) is 0 Å². The van der Waals surface area contributed by atoms with E-state index >= 15 is 0 Å². The quantitative estimate of drug-likeness (QED) is 0.363. The number of rotatable bonds is 5. The van der Waals surface area contributed by atoms with Crippen LogP contribution in [0.1, 0.15) is 39.4 Å². The zero-order chi connectivity index (χ0) is 20.9. The molecule has 0 saturated carbocycles. The zero-order valence-corrected chi connectivity index (χ0v) is 20.8. The lowest BCUT2D eigenvalue weighted by atomic mass is 9.97. The predicted molar refractivity (Wildman–Crippen MR) is 130 cm³/mol. The van der Waals surface area contributed by atoms with Crippen LogP contribution < -0.4 is 15.0 Å². The van der Waals surface area contributed by atoms with E-state index in [4.69, 9.17) is 14.3 Å². The Hall–Kier alpha value is -2.04. The Kier molecular flexibility index (Phi) is 8.75. The van der Waals surface area contributed by atoms with Gasteiger partial charge in [-0.2, -0.15) is 4.98 Å². The highest BCUT2D eigenvalue weighted by molar-refractivity contribution is 14.0. The van der Waals surface area contributed by atoms with Gasteiger partial charge in [-0.05, 0) is 19.1 Å². The van der Waals surface area contributed by atoms with E-state index in [9.17, 15) is 0 Å². The molecule has 0 unspecified atom stereocenters. The summed E-state index contributed by atoms with van der Waals surface area (Å²) in [6.07, 6.45) is 0. The minimum atomic E-state index is -0.158. The lowest BCUT2D eigenvalue weighted by Crippen LogP contribution is -2.52. The maximum Gasteiger partial charge on any atom is 0.232 e. The summed E-state index contributed by atoms with van der Waals surface area (Å²) in [6, 6.07) is 8.16. The molecule has 30 heavy (non-hydrogen) atoms. The van der Waals surface area contributed by atoms with Crippen LogP contribution in [0.15, 0.2) is 33.8 Å². The van der Waals surface area contributed by atoms with Gasteiger partial charge in [0, 0.05) is 38.1 Å². The van der Waals surface area contributed by atoms with Gasteiger partial charge in [-0.1, -0.05) is 38.1 Å². The van der Waals surface area contributed by atoms with Crippen LogP contribution in [-0.2, 0) is 12.0 Å². The van der Waals surface area contributed by atoms with Crippen LogP contribution in [-0.4, -0.2) is 60.8 Å². The van der Waals surface area contributed by atoms with Crippen molar-refractivity contribution in [3.63, 3.8) is 0 Å². The molecule has 1 fully saturated rings. The molecule has 1 aliphatic heterocycles. The van der Waals surface area contributed by atoms with Gasteiger partial charge in [0.05, 0.1) is 12.8 Å². The fourth-order valence-electron chi connectivity index (χ4n) is 3.24. The first-order valence-corrected chi connectivity index (χ1v) is 10.2. The van der Waals surface area contributed by atoms with Gasteiger partial charge in [0.1, 0.15) is 12.3 Å². The molecule has 1 aromatic carbocycles. The van der Waals surface area contributed by atoms with Crippen LogP contribution in [0.4, 0.5) is 5.69 Å². The summed E-state index contributed by atoms with van der Waals surface area (Å²) < 4.78 is 10.9. The smallest absolute Gasteiger partial charge is 0.232 e. The van der Waals surface area contributed by atoms with Gasteiger partial charge >= 0.3 is 0 Å². The van der Waals surface area contributed by atoms with Crippen molar-refractivity contribution in [2.75, 3.05) is 44.7 Å². The Morgan fingerprint density at radius 3 is 2.50 bits per heavy atom. The van der Waals surface area contributed by atoms with E-state index < -0.39 is 0 Å². The summed E-state index contributed by atoms with van der Waals surface area (Å²) in [6.45, 7) is 13.0. The first-order chi connectivity index (χ1) is 13.9. The van der Waals surface area contributed by atoms with Gasteiger partial charge < -0.3 is 24.4 Å². The van der Waals surface area contributed by atoms with Gasteiger partial charge in [0.15, 0.2) is 11.8 Å². The second-order valence-electron chi connectivity index (χ2n) is 8.08. The SMILES string of the molecule is CCNC(=NCc1noc(C(C)(C)C)n1)N1CCN(c2ccccc2OC)CC1.I. The molecule has 0 spiro atoms. The fraction of sp³-hybridized carbons (Fsp3) is 0.571. The summed E-state index contributed by atoms with van der Waals surface area (Å²) in [4.78, 5) is 13.8. The second kappa shape index (κ2) is 10.8. The molecule has 0 atom stereocenters. The number of piperazine rings is 1. The van der Waals surface area contributed by atoms with Crippen molar-refractivity contribution in [2.45, 2.75) is 39.7 Å². The van der Waals surface area contributed by atoms with Gasteiger partial charge in [-0.15, -0.1) is 24.0 Å². The van der Waals surface area contributed by atoms with Crippen LogP contribution in [0.5, 0.6) is 5.75 Å². The number of para-hydroxylation sites is 2. The molecule has 166 valence electrons. The molecule has 1 aliphatic rings. The predicted octanol–water partition coefficient (Wildman–Crippen LogP) is 3.28. The third kappa shape index (κ3) is 5.99. The summed E-state index contributed by atoms with van der Waals surface area (Å²) in [7, 11) is 1.72. The van der Waals surface area contributed by atoms with Gasteiger partial charge in [-0.3, -0.25) is 0 Å². The highest BCUT2D eigenvalue weighted by Crippen LogP contribution is 2.28. The fourth-order valence-corrected chi connectivity index (χ4v) is 3.24. The summed E-state index contributed by atoms with van der Waals surface area (Å²) in [5, 5.41) is 7.45. The van der Waals surface area contributed by atoms with Crippen molar-refractivity contribution in [2.24, 2.45) is 4.99 Å². The van der Waals surface area contributed by atoms with E-state index in [-0.39, 0.29) is 29.4 Å². The number of ether oxygens (including phenoxy) is 1. The number of hydrogen-bond acceptors (Lipinski definition) is 6. The minimum absolute atomic E-state index is 0. The third-order valence-corrected chi connectivity index (χ3v) is 4.82. The van der Waals surface area contributed by atoms with Gasteiger partial charge in [-0.25, -0.2) is 4.99 Å². The van der Waals surface area contributed by atoms with Crippen LogP contribution in [0.3, 0.4) is 0 Å². The maximum atomic E-state index is 5.51. The minimum Gasteiger partial charge on any atom is -0.495 e. The first kappa shape index (κ1) is 24.2. The van der Waals surface area contributed by atoms with Crippen LogP contribution >= 0.6 is 24.0 Å². The van der Waals surface area contributed by atoms with Crippen molar-refractivity contribution in [3.8, 4) is 5.75 Å². The van der Waals surface area contributed by atoms with Crippen molar-refractivity contribution >= 4 is 35.6 Å². The summed E-state index contributed by atoms with van der Waals surface area (Å²) >= 11 is 0. The number of methoxy groups -OCH3 is 1. The highest BCUT2D eigenvalue weighted by Gasteiger charge is 2.23. The van der Waals surface area contributed by atoms with E-state index in [2.05, 4.69) is 59.0 Å². The number of nitrogens with zero attached hydrogens (tertiary/aromatic N) is 5. The summed E-state index contributed by atoms with van der Waals surface area (Å²) in [5.41, 5.74) is 0.979. The number of nitrogens with one attached hydrogen (secondary N) is 1. The van der Waals surface area contributed by atoms with Crippen molar-refractivity contribution in [3.05, 3.63) is 36.0 Å². The number of guanidine groups is 1. The Balaban J connectivity index is 0.00000320. The molecule has 0 aliphatic carbocycles. The topological polar surface area (TPSA) is 79.0 Å². The van der Waals surface area contributed by atoms with E-state index in [0.717, 1.165) is 50.1 Å². The zero-order valence-electron chi connectivity index (χ0n) is 18.5. The summed E-state index contributed by atoms with van der Waals surface area (Å²) in [5.74, 6) is 3.04. The standard InChI is InChI=1S/C21H32N6O2.HI/c1-6-22-20(23-15-18-24-19(29-25-18)21(2,3)4)27-13-11-26(12-14-27)16-9-7-8-10-17(16)28-5;/h7-10H,6,11-15H2,1-5H3,(H,22,23);1H. The molecular formula is C21H33IN6O2. The molecule has 9 heteroatoms. The van der Waals surface area contributed by atoms with Crippen molar-refractivity contribution in [1.29, 1.82) is 0 Å². The number of aliphatic imine (C=N–C) groups is 1. The number of benzene rings is 1. The Morgan fingerprint density at radius 2 is 1.90 bits per heavy atom. The molecule has 2 heterocycles. The molecule has 2 aromatic rings. The van der Waals surface area contributed by atoms with Gasteiger partial charge in [0.2, 0.25) is 5.89 Å². The number of halogens is 1. The Morgan fingerprint density at radius 1 is 1.20 bits per heavy atom.